The van der Waals surface area contributed by atoms with Gasteiger partial charge in [-0.25, -0.2) is 14.4 Å². The van der Waals surface area contributed by atoms with Crippen LogP contribution in [0, 0.1) is 6.92 Å². The molecule has 0 aliphatic heterocycles. The van der Waals surface area contributed by atoms with E-state index in [1.165, 1.54) is 0 Å². The van der Waals surface area contributed by atoms with Crippen LogP contribution < -0.4 is 0 Å². The summed E-state index contributed by atoms with van der Waals surface area (Å²) in [5.74, 6) is -3.49. The van der Waals surface area contributed by atoms with Crippen molar-refractivity contribution in [3.63, 3.8) is 0 Å². The van der Waals surface area contributed by atoms with Crippen molar-refractivity contribution in [2.75, 3.05) is 6.67 Å². The lowest BCUT2D eigenvalue weighted by Gasteiger charge is -2.10. The molecule has 5 heteroatoms. The molecule has 12 heavy (non-hydrogen) atoms. The van der Waals surface area contributed by atoms with Crippen LogP contribution in [0.4, 0.5) is 13.2 Å². The molecule has 1 heterocycles. The summed E-state index contributed by atoms with van der Waals surface area (Å²) in [6.07, 6.45) is 0.994. The first-order chi connectivity index (χ1) is 5.56. The molecule has 0 amide bonds. The maximum Gasteiger partial charge on any atom is 0.317 e. The van der Waals surface area contributed by atoms with Gasteiger partial charge in [-0.15, -0.1) is 0 Å². The Labute approximate surface area is 67.5 Å². The average molecular weight is 176 g/mol. The molecule has 0 saturated heterocycles. The van der Waals surface area contributed by atoms with Crippen molar-refractivity contribution in [1.29, 1.82) is 0 Å². The molecule has 0 spiro atoms. The average Bonchev–Trinajstić information content (AvgIpc) is 2.05. The van der Waals surface area contributed by atoms with E-state index in [0.717, 1.165) is 12.4 Å². The zero-order valence-electron chi connectivity index (χ0n) is 6.39. The Morgan fingerprint density at radius 3 is 2.58 bits per heavy atom. The van der Waals surface area contributed by atoms with E-state index in [2.05, 4.69) is 9.97 Å². The first kappa shape index (κ1) is 8.96. The van der Waals surface area contributed by atoms with Gasteiger partial charge in [0.25, 0.3) is 0 Å². The van der Waals surface area contributed by atoms with Gasteiger partial charge in [0.2, 0.25) is 0 Å². The van der Waals surface area contributed by atoms with E-state index < -0.39 is 18.3 Å². The second kappa shape index (κ2) is 3.08. The van der Waals surface area contributed by atoms with E-state index in [9.17, 15) is 13.2 Å². The zero-order chi connectivity index (χ0) is 9.19. The number of aromatic nitrogens is 2. The van der Waals surface area contributed by atoms with E-state index in [0.29, 0.717) is 5.69 Å². The molecule has 1 aromatic rings. The molecular weight excluding hydrogens is 169 g/mol. The third kappa shape index (κ3) is 1.72. The Morgan fingerprint density at radius 2 is 2.08 bits per heavy atom. The molecule has 66 valence electrons. The minimum Gasteiger partial charge on any atom is -0.244 e. The second-order valence-corrected chi connectivity index (χ2v) is 2.38. The van der Waals surface area contributed by atoms with E-state index in [4.69, 9.17) is 0 Å². The lowest BCUT2D eigenvalue weighted by atomic mass is 10.2. The highest BCUT2D eigenvalue weighted by Crippen LogP contribution is 2.26. The molecule has 2 nitrogen and oxygen atoms in total. The van der Waals surface area contributed by atoms with Gasteiger partial charge in [-0.3, -0.25) is 0 Å². The number of hydrogen-bond donors (Lipinski definition) is 0. The van der Waals surface area contributed by atoms with Gasteiger partial charge in [-0.1, -0.05) is 0 Å². The quantitative estimate of drug-likeness (QED) is 0.687. The molecule has 0 aliphatic rings. The van der Waals surface area contributed by atoms with Crippen molar-refractivity contribution < 1.29 is 13.2 Å². The first-order valence-corrected chi connectivity index (χ1v) is 3.29. The highest BCUT2D eigenvalue weighted by molar-refractivity contribution is 5.11. The zero-order valence-corrected chi connectivity index (χ0v) is 6.39. The van der Waals surface area contributed by atoms with Gasteiger partial charge in [0.1, 0.15) is 12.0 Å². The number of alkyl halides is 3. The van der Waals surface area contributed by atoms with Crippen molar-refractivity contribution in [1.82, 2.24) is 9.97 Å². The molecule has 0 aliphatic carbocycles. The molecule has 1 aromatic heterocycles. The van der Waals surface area contributed by atoms with Gasteiger partial charge in [-0.2, -0.15) is 8.78 Å². The van der Waals surface area contributed by atoms with Crippen molar-refractivity contribution in [3.8, 4) is 0 Å². The Bertz CT molecular complexity index is 275. The number of halogens is 3. The summed E-state index contributed by atoms with van der Waals surface area (Å²) in [6, 6.07) is 1.07. The molecule has 1 rings (SSSR count). The van der Waals surface area contributed by atoms with Crippen molar-refractivity contribution in [2.45, 2.75) is 12.8 Å². The molecule has 0 bridgehead atoms. The molecule has 0 saturated carbocycles. The fourth-order valence-electron chi connectivity index (χ4n) is 0.723. The number of aryl methyl sites for hydroxylation is 1. The van der Waals surface area contributed by atoms with Gasteiger partial charge in [0.15, 0.2) is 6.67 Å². The van der Waals surface area contributed by atoms with Crippen LogP contribution in [0.3, 0.4) is 0 Å². The molecule has 0 unspecified atom stereocenters. The van der Waals surface area contributed by atoms with Crippen molar-refractivity contribution in [3.05, 3.63) is 23.8 Å². The predicted molar refractivity (Wildman–Crippen MR) is 36.6 cm³/mol. The van der Waals surface area contributed by atoms with Crippen LogP contribution in [-0.4, -0.2) is 16.6 Å². The Hall–Kier alpha value is -1.13. The van der Waals surface area contributed by atoms with Gasteiger partial charge < -0.3 is 0 Å². The summed E-state index contributed by atoms with van der Waals surface area (Å²) in [7, 11) is 0. The van der Waals surface area contributed by atoms with Gasteiger partial charge in [0, 0.05) is 5.69 Å². The van der Waals surface area contributed by atoms with Crippen LogP contribution in [0.5, 0.6) is 0 Å². The van der Waals surface area contributed by atoms with Gasteiger partial charge >= 0.3 is 5.92 Å². The largest absolute Gasteiger partial charge is 0.317 e. The van der Waals surface area contributed by atoms with Gasteiger partial charge in [-0.05, 0) is 13.0 Å². The van der Waals surface area contributed by atoms with Crippen molar-refractivity contribution >= 4 is 0 Å². The molecule has 0 N–H and O–H groups in total. The maximum atomic E-state index is 12.6. The lowest BCUT2D eigenvalue weighted by molar-refractivity contribution is -0.0323. The SMILES string of the molecule is Cc1cc(C(F)(F)CF)ncn1. The fourth-order valence-corrected chi connectivity index (χ4v) is 0.723. The van der Waals surface area contributed by atoms with Crippen LogP contribution in [0.2, 0.25) is 0 Å². The molecule has 0 atom stereocenters. The summed E-state index contributed by atoms with van der Waals surface area (Å²) < 4.78 is 37.0. The summed E-state index contributed by atoms with van der Waals surface area (Å²) in [6.45, 7) is -0.192. The fraction of sp³-hybridized carbons (Fsp3) is 0.429. The summed E-state index contributed by atoms with van der Waals surface area (Å²) in [5, 5.41) is 0. The van der Waals surface area contributed by atoms with Crippen LogP contribution in [0.15, 0.2) is 12.4 Å². The maximum absolute atomic E-state index is 12.6. The standard InChI is InChI=1S/C7H7F3N2/c1-5-2-6(12-4-11-5)7(9,10)3-8/h2,4H,3H2,1H3. The van der Waals surface area contributed by atoms with E-state index in [-0.39, 0.29) is 0 Å². The van der Waals surface area contributed by atoms with Crippen LogP contribution in [-0.2, 0) is 5.92 Å². The lowest BCUT2D eigenvalue weighted by Crippen LogP contribution is -2.18. The van der Waals surface area contributed by atoms with Crippen LogP contribution in [0.1, 0.15) is 11.4 Å². The first-order valence-electron chi connectivity index (χ1n) is 3.29. The predicted octanol–water partition coefficient (Wildman–Crippen LogP) is 1.85. The molecule has 0 aromatic carbocycles. The Morgan fingerprint density at radius 1 is 1.42 bits per heavy atom. The normalized spacial score (nSPS) is 11.7. The third-order valence-electron chi connectivity index (χ3n) is 1.35. The smallest absolute Gasteiger partial charge is 0.244 e. The number of hydrogen-bond acceptors (Lipinski definition) is 2. The minimum absolute atomic E-state index is 0.396. The Balaban J connectivity index is 3.03. The summed E-state index contributed by atoms with van der Waals surface area (Å²) >= 11 is 0. The third-order valence-corrected chi connectivity index (χ3v) is 1.35. The van der Waals surface area contributed by atoms with E-state index in [1.54, 1.807) is 6.92 Å². The van der Waals surface area contributed by atoms with E-state index in [1.807, 2.05) is 0 Å². The van der Waals surface area contributed by atoms with E-state index >= 15 is 0 Å². The molecular formula is C7H7F3N2. The second-order valence-electron chi connectivity index (χ2n) is 2.38. The van der Waals surface area contributed by atoms with Gasteiger partial charge in [0.05, 0.1) is 0 Å². The minimum atomic E-state index is -3.49. The molecule has 0 radical (unpaired) electrons. The topological polar surface area (TPSA) is 25.8 Å². The highest BCUT2D eigenvalue weighted by atomic mass is 19.3. The summed E-state index contributed by atoms with van der Waals surface area (Å²) in [4.78, 5) is 6.90. The summed E-state index contributed by atoms with van der Waals surface area (Å²) in [5.41, 5.74) is -0.175. The number of rotatable bonds is 2. The highest BCUT2D eigenvalue weighted by Gasteiger charge is 2.33. The molecule has 0 fully saturated rings. The Kier molecular flexibility index (Phi) is 2.30. The van der Waals surface area contributed by atoms with Crippen LogP contribution in [0.25, 0.3) is 0 Å². The van der Waals surface area contributed by atoms with Crippen LogP contribution >= 0.6 is 0 Å². The monoisotopic (exact) mass is 176 g/mol. The van der Waals surface area contributed by atoms with Crippen molar-refractivity contribution in [2.24, 2.45) is 0 Å². The number of nitrogens with zero attached hydrogens (tertiary/aromatic N) is 2.